The second kappa shape index (κ2) is 8.75. The van der Waals surface area contributed by atoms with Gasteiger partial charge in [0.2, 0.25) is 0 Å². The lowest BCUT2D eigenvalue weighted by molar-refractivity contribution is 0.0943. The summed E-state index contributed by atoms with van der Waals surface area (Å²) in [6, 6.07) is 9.85. The number of methoxy groups -OCH3 is 2. The van der Waals surface area contributed by atoms with Crippen molar-refractivity contribution in [2.75, 3.05) is 19.5 Å². The lowest BCUT2D eigenvalue weighted by Crippen LogP contribution is -2.43. The molecule has 0 radical (unpaired) electrons. The summed E-state index contributed by atoms with van der Waals surface area (Å²) in [5.74, 6) is 0.563. The van der Waals surface area contributed by atoms with Crippen LogP contribution in [0.3, 0.4) is 0 Å². The molecule has 0 heterocycles. The van der Waals surface area contributed by atoms with Gasteiger partial charge in [0, 0.05) is 11.6 Å². The third-order valence-electron chi connectivity index (χ3n) is 3.10. The molecule has 9 heteroatoms. The Labute approximate surface area is 160 Å². The summed E-state index contributed by atoms with van der Waals surface area (Å²) in [6.07, 6.45) is 0. The number of halogens is 2. The fraction of sp³-hybridized carbons (Fsp3) is 0.125. The zero-order chi connectivity index (χ0) is 18.4. The second-order valence-corrected chi connectivity index (χ2v) is 5.95. The van der Waals surface area contributed by atoms with Crippen LogP contribution in [0.4, 0.5) is 5.69 Å². The van der Waals surface area contributed by atoms with Crippen molar-refractivity contribution in [1.82, 2.24) is 10.9 Å². The van der Waals surface area contributed by atoms with Crippen LogP contribution in [0.5, 0.6) is 11.5 Å². The van der Waals surface area contributed by atoms with Gasteiger partial charge in [-0.05, 0) is 36.5 Å². The Hall–Kier alpha value is -2.22. The largest absolute Gasteiger partial charge is 0.497 e. The molecule has 0 unspecified atom stereocenters. The number of nitrogens with one attached hydrogen (secondary N) is 3. The van der Waals surface area contributed by atoms with Crippen LogP contribution in [-0.2, 0) is 0 Å². The first kappa shape index (κ1) is 19.1. The van der Waals surface area contributed by atoms with Gasteiger partial charge in [-0.3, -0.25) is 15.6 Å². The molecule has 0 spiro atoms. The molecule has 132 valence electrons. The first-order valence-electron chi connectivity index (χ1n) is 6.99. The standard InChI is InChI=1S/C16H15Cl2N3O3S/c1-23-10-6-9(7-11(8-10)24-2)15(22)20-21-16(25)19-14-12(17)4-3-5-13(14)18/h3-8H,1-2H3,(H,20,22)(H2,19,21,25). The molecule has 2 aromatic carbocycles. The van der Waals surface area contributed by atoms with E-state index < -0.39 is 5.91 Å². The maximum absolute atomic E-state index is 12.2. The van der Waals surface area contributed by atoms with Crippen LogP contribution in [0.25, 0.3) is 0 Å². The number of benzene rings is 2. The van der Waals surface area contributed by atoms with Gasteiger partial charge in [-0.25, -0.2) is 0 Å². The Balaban J connectivity index is 2.01. The number of hydrazine groups is 1. The molecule has 2 aromatic rings. The third-order valence-corrected chi connectivity index (χ3v) is 3.94. The number of carbonyl (C=O) groups excluding carboxylic acids is 1. The Morgan fingerprint density at radius 1 is 1.00 bits per heavy atom. The van der Waals surface area contributed by atoms with E-state index in [2.05, 4.69) is 16.2 Å². The number of carbonyl (C=O) groups is 1. The molecule has 2 rings (SSSR count). The highest BCUT2D eigenvalue weighted by Crippen LogP contribution is 2.29. The molecule has 0 atom stereocenters. The monoisotopic (exact) mass is 399 g/mol. The van der Waals surface area contributed by atoms with Crippen molar-refractivity contribution in [3.05, 3.63) is 52.0 Å². The molecule has 3 N–H and O–H groups in total. The molecule has 0 aliphatic carbocycles. The Morgan fingerprint density at radius 2 is 1.56 bits per heavy atom. The number of hydrogen-bond acceptors (Lipinski definition) is 4. The number of para-hydroxylation sites is 1. The van der Waals surface area contributed by atoms with E-state index in [-0.39, 0.29) is 5.11 Å². The molecular formula is C16H15Cl2N3O3S. The van der Waals surface area contributed by atoms with E-state index in [1.165, 1.54) is 14.2 Å². The Kier molecular flexibility index (Phi) is 6.69. The van der Waals surface area contributed by atoms with Crippen molar-refractivity contribution < 1.29 is 14.3 Å². The van der Waals surface area contributed by atoms with Crippen molar-refractivity contribution in [1.29, 1.82) is 0 Å². The normalized spacial score (nSPS) is 9.92. The first-order chi connectivity index (χ1) is 11.9. The molecule has 0 aliphatic rings. The van der Waals surface area contributed by atoms with Crippen LogP contribution >= 0.6 is 35.4 Å². The van der Waals surface area contributed by atoms with E-state index in [0.29, 0.717) is 32.8 Å². The average molecular weight is 400 g/mol. The predicted molar refractivity (Wildman–Crippen MR) is 103 cm³/mol. The van der Waals surface area contributed by atoms with Crippen LogP contribution in [0, 0.1) is 0 Å². The summed E-state index contributed by atoms with van der Waals surface area (Å²) in [7, 11) is 3.00. The minimum absolute atomic E-state index is 0.123. The predicted octanol–water partition coefficient (Wildman–Crippen LogP) is 3.64. The molecule has 0 aliphatic heterocycles. The smallest absolute Gasteiger partial charge is 0.269 e. The number of hydrogen-bond donors (Lipinski definition) is 3. The number of anilines is 1. The zero-order valence-electron chi connectivity index (χ0n) is 13.4. The van der Waals surface area contributed by atoms with Gasteiger partial charge in [-0.1, -0.05) is 29.3 Å². The Bertz CT molecular complexity index is 760. The minimum Gasteiger partial charge on any atom is -0.497 e. The fourth-order valence-corrected chi connectivity index (χ4v) is 2.53. The van der Waals surface area contributed by atoms with E-state index in [9.17, 15) is 4.79 Å². The summed E-state index contributed by atoms with van der Waals surface area (Å²) in [4.78, 5) is 12.2. The number of thiocarbonyl (C=S) groups is 1. The molecule has 1 amide bonds. The molecule has 6 nitrogen and oxygen atoms in total. The van der Waals surface area contributed by atoms with E-state index in [1.54, 1.807) is 36.4 Å². The maximum atomic E-state index is 12.2. The van der Waals surface area contributed by atoms with Crippen molar-refractivity contribution in [3.8, 4) is 11.5 Å². The van der Waals surface area contributed by atoms with E-state index in [4.69, 9.17) is 44.9 Å². The minimum atomic E-state index is -0.424. The quantitative estimate of drug-likeness (QED) is 0.538. The fourth-order valence-electron chi connectivity index (χ4n) is 1.89. The van der Waals surface area contributed by atoms with Gasteiger partial charge in [0.05, 0.1) is 30.0 Å². The van der Waals surface area contributed by atoms with E-state index in [0.717, 1.165) is 0 Å². The van der Waals surface area contributed by atoms with Crippen molar-refractivity contribution >= 4 is 52.1 Å². The zero-order valence-corrected chi connectivity index (χ0v) is 15.7. The van der Waals surface area contributed by atoms with Crippen LogP contribution in [0.2, 0.25) is 10.0 Å². The summed E-state index contributed by atoms with van der Waals surface area (Å²) in [6.45, 7) is 0. The summed E-state index contributed by atoms with van der Waals surface area (Å²) >= 11 is 17.2. The highest BCUT2D eigenvalue weighted by Gasteiger charge is 2.11. The molecule has 0 saturated heterocycles. The SMILES string of the molecule is COc1cc(OC)cc(C(=O)NNC(=S)Nc2c(Cl)cccc2Cl)c1. The average Bonchev–Trinajstić information content (AvgIpc) is 2.62. The lowest BCUT2D eigenvalue weighted by Gasteiger charge is -2.14. The molecular weight excluding hydrogens is 385 g/mol. The first-order valence-corrected chi connectivity index (χ1v) is 8.15. The molecule has 0 aromatic heterocycles. The third kappa shape index (κ3) is 5.12. The highest BCUT2D eigenvalue weighted by atomic mass is 35.5. The van der Waals surface area contributed by atoms with Crippen LogP contribution < -0.4 is 25.6 Å². The summed E-state index contributed by atoms with van der Waals surface area (Å²) in [5.41, 5.74) is 5.83. The van der Waals surface area contributed by atoms with Crippen LogP contribution in [-0.4, -0.2) is 25.2 Å². The topological polar surface area (TPSA) is 71.6 Å². The summed E-state index contributed by atoms with van der Waals surface area (Å²) in [5, 5.41) is 3.75. The van der Waals surface area contributed by atoms with Gasteiger partial charge in [0.25, 0.3) is 5.91 Å². The van der Waals surface area contributed by atoms with E-state index >= 15 is 0 Å². The number of rotatable bonds is 4. The highest BCUT2D eigenvalue weighted by molar-refractivity contribution is 7.80. The summed E-state index contributed by atoms with van der Waals surface area (Å²) < 4.78 is 10.3. The van der Waals surface area contributed by atoms with Gasteiger partial charge >= 0.3 is 0 Å². The Morgan fingerprint density at radius 3 is 2.08 bits per heavy atom. The number of ether oxygens (including phenoxy) is 2. The molecule has 0 saturated carbocycles. The van der Waals surface area contributed by atoms with Crippen LogP contribution in [0.15, 0.2) is 36.4 Å². The van der Waals surface area contributed by atoms with Gasteiger partial charge in [0.15, 0.2) is 5.11 Å². The molecule has 25 heavy (non-hydrogen) atoms. The second-order valence-electron chi connectivity index (χ2n) is 4.73. The van der Waals surface area contributed by atoms with Crippen LogP contribution in [0.1, 0.15) is 10.4 Å². The van der Waals surface area contributed by atoms with Gasteiger partial charge in [-0.15, -0.1) is 0 Å². The lowest BCUT2D eigenvalue weighted by atomic mass is 10.2. The van der Waals surface area contributed by atoms with Crippen molar-refractivity contribution in [2.45, 2.75) is 0 Å². The van der Waals surface area contributed by atoms with Gasteiger partial charge < -0.3 is 14.8 Å². The van der Waals surface area contributed by atoms with Gasteiger partial charge in [-0.2, -0.15) is 0 Å². The van der Waals surface area contributed by atoms with Crippen molar-refractivity contribution in [3.63, 3.8) is 0 Å². The molecule has 0 bridgehead atoms. The molecule has 0 fully saturated rings. The van der Waals surface area contributed by atoms with E-state index in [1.807, 2.05) is 0 Å². The number of amides is 1. The van der Waals surface area contributed by atoms with Crippen molar-refractivity contribution in [2.24, 2.45) is 0 Å². The van der Waals surface area contributed by atoms with Gasteiger partial charge in [0.1, 0.15) is 11.5 Å². The maximum Gasteiger partial charge on any atom is 0.269 e.